The van der Waals surface area contributed by atoms with Gasteiger partial charge in [-0.25, -0.2) is 4.68 Å². The average Bonchev–Trinajstić information content (AvgIpc) is 2.56. The van der Waals surface area contributed by atoms with Crippen LogP contribution in [0.4, 0.5) is 5.69 Å². The van der Waals surface area contributed by atoms with Crippen LogP contribution in [0.25, 0.3) is 10.8 Å². The molecule has 0 aliphatic carbocycles. The van der Waals surface area contributed by atoms with Crippen LogP contribution in [0.1, 0.15) is 0 Å². The summed E-state index contributed by atoms with van der Waals surface area (Å²) in [5.41, 5.74) is -0.451. The molecular weight excluding hydrogens is 353 g/mol. The Hall–Kier alpha value is -2.57. The number of carbonyl (C=O) groups is 1. The molecule has 8 heteroatoms. The number of hydrogen-bond donors (Lipinski definition) is 2. The molecule has 24 heavy (non-hydrogen) atoms. The van der Waals surface area contributed by atoms with Gasteiger partial charge >= 0.3 is 0 Å². The number of aromatic nitrogens is 2. The van der Waals surface area contributed by atoms with Crippen LogP contribution in [0.15, 0.2) is 52.1 Å². The van der Waals surface area contributed by atoms with Crippen molar-refractivity contribution < 1.29 is 4.79 Å². The largest absolute Gasteiger partial charge is 0.324 e. The van der Waals surface area contributed by atoms with E-state index >= 15 is 0 Å². The minimum atomic E-state index is -0.485. The molecule has 1 amide bonds. The number of rotatable bonds is 3. The Morgan fingerprint density at radius 3 is 2.46 bits per heavy atom. The molecule has 122 valence electrons. The highest BCUT2D eigenvalue weighted by Gasteiger charge is 2.10. The van der Waals surface area contributed by atoms with Gasteiger partial charge in [-0.2, -0.15) is 0 Å². The van der Waals surface area contributed by atoms with Gasteiger partial charge in [-0.3, -0.25) is 19.5 Å². The number of H-pyrrole nitrogens is 1. The van der Waals surface area contributed by atoms with Gasteiger partial charge in [0.2, 0.25) is 5.91 Å². The van der Waals surface area contributed by atoms with E-state index < -0.39 is 17.0 Å². The highest BCUT2D eigenvalue weighted by atomic mass is 35.5. The molecule has 0 aliphatic heterocycles. The van der Waals surface area contributed by atoms with Crippen molar-refractivity contribution >= 4 is 45.6 Å². The van der Waals surface area contributed by atoms with Gasteiger partial charge < -0.3 is 5.32 Å². The molecule has 0 atom stereocenters. The van der Waals surface area contributed by atoms with Crippen molar-refractivity contribution in [2.45, 2.75) is 6.54 Å². The number of nitrogens with one attached hydrogen (secondary N) is 2. The molecule has 1 heterocycles. The monoisotopic (exact) mass is 363 g/mol. The zero-order chi connectivity index (χ0) is 17.3. The summed E-state index contributed by atoms with van der Waals surface area (Å²) in [6, 6.07) is 11.0. The summed E-state index contributed by atoms with van der Waals surface area (Å²) in [5, 5.41) is 6.18. The first-order valence-corrected chi connectivity index (χ1v) is 7.68. The van der Waals surface area contributed by atoms with Crippen molar-refractivity contribution in [3.05, 3.63) is 73.2 Å². The van der Waals surface area contributed by atoms with Gasteiger partial charge in [-0.15, -0.1) is 0 Å². The van der Waals surface area contributed by atoms with Gasteiger partial charge in [-0.1, -0.05) is 35.3 Å². The fourth-order valence-electron chi connectivity index (χ4n) is 2.28. The van der Waals surface area contributed by atoms with Gasteiger partial charge in [0.05, 0.1) is 20.8 Å². The van der Waals surface area contributed by atoms with Crippen LogP contribution in [0.2, 0.25) is 10.0 Å². The number of anilines is 1. The maximum Gasteiger partial charge on any atom is 0.273 e. The number of aromatic amines is 1. The minimum Gasteiger partial charge on any atom is -0.324 e. The molecule has 0 bridgehead atoms. The van der Waals surface area contributed by atoms with E-state index in [1.807, 2.05) is 0 Å². The van der Waals surface area contributed by atoms with E-state index in [2.05, 4.69) is 10.4 Å². The first-order chi connectivity index (χ1) is 11.5. The van der Waals surface area contributed by atoms with E-state index in [-0.39, 0.29) is 17.3 Å². The average molecular weight is 364 g/mol. The van der Waals surface area contributed by atoms with E-state index in [9.17, 15) is 14.4 Å². The zero-order valence-electron chi connectivity index (χ0n) is 12.2. The molecule has 0 aliphatic rings. The van der Waals surface area contributed by atoms with Gasteiger partial charge in [0.15, 0.2) is 0 Å². The van der Waals surface area contributed by atoms with Crippen molar-refractivity contribution in [3.63, 3.8) is 0 Å². The second kappa shape index (κ2) is 6.51. The quantitative estimate of drug-likeness (QED) is 0.750. The third-order valence-electron chi connectivity index (χ3n) is 3.39. The second-order valence-electron chi connectivity index (χ2n) is 5.05. The van der Waals surface area contributed by atoms with E-state index in [1.165, 1.54) is 6.07 Å². The lowest BCUT2D eigenvalue weighted by Crippen LogP contribution is -2.34. The zero-order valence-corrected chi connectivity index (χ0v) is 13.7. The number of fused-ring (bicyclic) bond motifs is 1. The Morgan fingerprint density at radius 2 is 1.75 bits per heavy atom. The molecule has 0 spiro atoms. The van der Waals surface area contributed by atoms with E-state index in [0.717, 1.165) is 4.68 Å². The van der Waals surface area contributed by atoms with Crippen molar-refractivity contribution in [3.8, 4) is 0 Å². The van der Waals surface area contributed by atoms with Crippen molar-refractivity contribution in [2.75, 3.05) is 5.32 Å². The molecule has 0 radical (unpaired) electrons. The molecule has 3 aromatic rings. The minimum absolute atomic E-state index is 0.253. The molecule has 1 aromatic heterocycles. The predicted molar refractivity (Wildman–Crippen MR) is 93.9 cm³/mol. The van der Waals surface area contributed by atoms with E-state index in [1.54, 1.807) is 36.4 Å². The van der Waals surface area contributed by atoms with Crippen LogP contribution < -0.4 is 16.4 Å². The van der Waals surface area contributed by atoms with Crippen LogP contribution in [0, 0.1) is 0 Å². The van der Waals surface area contributed by atoms with E-state index in [0.29, 0.717) is 15.7 Å². The summed E-state index contributed by atoms with van der Waals surface area (Å²) >= 11 is 11.7. The normalized spacial score (nSPS) is 10.8. The lowest BCUT2D eigenvalue weighted by molar-refractivity contribution is -0.117. The molecule has 0 saturated carbocycles. The maximum absolute atomic E-state index is 12.3. The van der Waals surface area contributed by atoms with Crippen LogP contribution in [0.3, 0.4) is 0 Å². The van der Waals surface area contributed by atoms with Gasteiger partial charge in [0, 0.05) is 5.69 Å². The number of hydrogen-bond acceptors (Lipinski definition) is 3. The van der Waals surface area contributed by atoms with Crippen LogP contribution in [0.5, 0.6) is 0 Å². The summed E-state index contributed by atoms with van der Waals surface area (Å²) < 4.78 is 0.970. The third-order valence-corrected chi connectivity index (χ3v) is 4.13. The fraction of sp³-hybridized carbons (Fsp3) is 0.0625. The Labute approximate surface area is 145 Å². The number of amides is 1. The van der Waals surface area contributed by atoms with Gasteiger partial charge in [-0.05, 0) is 30.3 Å². The number of halogens is 2. The maximum atomic E-state index is 12.3. The van der Waals surface area contributed by atoms with Crippen LogP contribution in [-0.2, 0) is 11.3 Å². The third kappa shape index (κ3) is 3.20. The molecule has 0 unspecified atom stereocenters. The SMILES string of the molecule is O=C(Cn1[nH]c(=O)c2ccccc2c1=O)Nc1ccc(Cl)c(Cl)c1. The summed E-state index contributed by atoms with van der Waals surface area (Å²) in [7, 11) is 0. The fourth-order valence-corrected chi connectivity index (χ4v) is 2.57. The summed E-state index contributed by atoms with van der Waals surface area (Å²) in [4.78, 5) is 36.4. The highest BCUT2D eigenvalue weighted by Crippen LogP contribution is 2.24. The Bertz CT molecular complexity index is 1060. The smallest absolute Gasteiger partial charge is 0.273 e. The van der Waals surface area contributed by atoms with Crippen LogP contribution >= 0.6 is 23.2 Å². The van der Waals surface area contributed by atoms with Crippen molar-refractivity contribution in [2.24, 2.45) is 0 Å². The predicted octanol–water partition coefficient (Wildman–Crippen LogP) is 2.64. The topological polar surface area (TPSA) is 84.0 Å². The number of nitrogens with zero attached hydrogens (tertiary/aromatic N) is 1. The molecular formula is C16H11Cl2N3O3. The lowest BCUT2D eigenvalue weighted by atomic mass is 10.2. The molecule has 2 N–H and O–H groups in total. The Balaban J connectivity index is 1.88. The van der Waals surface area contributed by atoms with Crippen LogP contribution in [-0.4, -0.2) is 15.7 Å². The summed E-state index contributed by atoms with van der Waals surface area (Å²) in [5.74, 6) is -0.485. The first kappa shape index (κ1) is 16.3. The Morgan fingerprint density at radius 1 is 1.04 bits per heavy atom. The first-order valence-electron chi connectivity index (χ1n) is 6.92. The van der Waals surface area contributed by atoms with Crippen molar-refractivity contribution in [1.29, 1.82) is 0 Å². The number of benzene rings is 2. The molecule has 0 saturated heterocycles. The highest BCUT2D eigenvalue weighted by molar-refractivity contribution is 6.42. The van der Waals surface area contributed by atoms with Gasteiger partial charge in [0.25, 0.3) is 11.1 Å². The number of carbonyl (C=O) groups excluding carboxylic acids is 1. The summed E-state index contributed by atoms with van der Waals surface area (Å²) in [6.45, 7) is -0.334. The van der Waals surface area contributed by atoms with Gasteiger partial charge in [0.1, 0.15) is 6.54 Å². The molecule has 6 nitrogen and oxygen atoms in total. The molecule has 3 rings (SSSR count). The van der Waals surface area contributed by atoms with Crippen molar-refractivity contribution in [1.82, 2.24) is 9.78 Å². The second-order valence-corrected chi connectivity index (χ2v) is 5.87. The lowest BCUT2D eigenvalue weighted by Gasteiger charge is -2.09. The standard InChI is InChI=1S/C16H11Cl2N3O3/c17-12-6-5-9(7-13(12)18)19-14(22)8-21-16(24)11-4-2-1-3-10(11)15(23)20-21/h1-7H,8H2,(H,19,22)(H,20,23). The van der Waals surface area contributed by atoms with E-state index in [4.69, 9.17) is 23.2 Å². The molecule has 0 fully saturated rings. The molecule has 2 aromatic carbocycles. The Kier molecular flexibility index (Phi) is 4.42. The summed E-state index contributed by atoms with van der Waals surface area (Å²) in [6.07, 6.45) is 0.